The first-order valence-corrected chi connectivity index (χ1v) is 6.12. The molecule has 3 heteroatoms. The third kappa shape index (κ3) is 3.80. The summed E-state index contributed by atoms with van der Waals surface area (Å²) in [4.78, 5) is 0. The summed E-state index contributed by atoms with van der Waals surface area (Å²) >= 11 is 0. The number of benzene rings is 1. The third-order valence-electron chi connectivity index (χ3n) is 3.42. The molecule has 0 spiro atoms. The zero-order valence-electron chi connectivity index (χ0n) is 11.3. The third-order valence-corrected chi connectivity index (χ3v) is 3.42. The van der Waals surface area contributed by atoms with Gasteiger partial charge in [-0.1, -0.05) is 25.1 Å². The van der Waals surface area contributed by atoms with E-state index in [1.807, 2.05) is 0 Å². The van der Waals surface area contributed by atoms with Crippen molar-refractivity contribution in [2.45, 2.75) is 33.2 Å². The van der Waals surface area contributed by atoms with E-state index in [-0.39, 0.29) is 6.04 Å². The highest BCUT2D eigenvalue weighted by molar-refractivity contribution is 5.31. The average Bonchev–Trinajstić information content (AvgIpc) is 2.32. The van der Waals surface area contributed by atoms with Gasteiger partial charge in [-0.3, -0.25) is 11.3 Å². The van der Waals surface area contributed by atoms with E-state index in [9.17, 15) is 0 Å². The van der Waals surface area contributed by atoms with Crippen LogP contribution in [0.4, 0.5) is 0 Å². The Balaban J connectivity index is 2.81. The van der Waals surface area contributed by atoms with Gasteiger partial charge in [-0.15, -0.1) is 0 Å². The van der Waals surface area contributed by atoms with Crippen LogP contribution in [0.2, 0.25) is 0 Å². The fraction of sp³-hybridized carbons (Fsp3) is 0.571. The molecule has 0 bridgehead atoms. The van der Waals surface area contributed by atoms with Gasteiger partial charge in [-0.25, -0.2) is 0 Å². The van der Waals surface area contributed by atoms with E-state index in [1.54, 1.807) is 7.11 Å². The van der Waals surface area contributed by atoms with Gasteiger partial charge in [0, 0.05) is 19.8 Å². The molecule has 0 radical (unpaired) electrons. The lowest BCUT2D eigenvalue weighted by molar-refractivity contribution is 0.170. The Labute approximate surface area is 104 Å². The summed E-state index contributed by atoms with van der Waals surface area (Å²) in [7, 11) is 1.73. The van der Waals surface area contributed by atoms with Gasteiger partial charge in [-0.05, 0) is 42.9 Å². The molecule has 1 aromatic carbocycles. The molecule has 3 N–H and O–H groups in total. The number of methoxy groups -OCH3 is 1. The van der Waals surface area contributed by atoms with E-state index in [2.05, 4.69) is 44.4 Å². The molecule has 0 aromatic heterocycles. The molecule has 0 saturated heterocycles. The van der Waals surface area contributed by atoms with Gasteiger partial charge < -0.3 is 4.74 Å². The van der Waals surface area contributed by atoms with Crippen LogP contribution in [0.1, 0.15) is 36.1 Å². The molecule has 0 fully saturated rings. The summed E-state index contributed by atoms with van der Waals surface area (Å²) in [5.41, 5.74) is 6.79. The van der Waals surface area contributed by atoms with Crippen LogP contribution >= 0.6 is 0 Å². The van der Waals surface area contributed by atoms with Crippen LogP contribution in [0.15, 0.2) is 18.2 Å². The molecule has 17 heavy (non-hydrogen) atoms. The molecular weight excluding hydrogens is 212 g/mol. The first-order chi connectivity index (χ1) is 8.10. The molecular formula is C14H24N2O. The van der Waals surface area contributed by atoms with Gasteiger partial charge in [0.25, 0.3) is 0 Å². The number of nitrogens with one attached hydrogen (secondary N) is 1. The lowest BCUT2D eigenvalue weighted by atomic mass is 9.91. The van der Waals surface area contributed by atoms with E-state index in [4.69, 9.17) is 10.6 Å². The molecule has 0 aliphatic heterocycles. The molecule has 2 atom stereocenters. The minimum absolute atomic E-state index is 0.185. The Kier molecular flexibility index (Phi) is 5.62. The topological polar surface area (TPSA) is 47.3 Å². The molecule has 0 heterocycles. The first-order valence-electron chi connectivity index (χ1n) is 6.12. The van der Waals surface area contributed by atoms with E-state index >= 15 is 0 Å². The fourth-order valence-electron chi connectivity index (χ4n) is 2.02. The largest absolute Gasteiger partial charge is 0.385 e. The SMILES string of the molecule is COCCC(C)C(NN)c1ccc(C)c(C)c1. The molecule has 2 unspecified atom stereocenters. The van der Waals surface area contributed by atoms with Crippen molar-refractivity contribution < 1.29 is 4.74 Å². The highest BCUT2D eigenvalue weighted by Crippen LogP contribution is 2.25. The zero-order chi connectivity index (χ0) is 12.8. The highest BCUT2D eigenvalue weighted by atomic mass is 16.5. The lowest BCUT2D eigenvalue weighted by Gasteiger charge is -2.24. The number of aryl methyl sites for hydroxylation is 2. The van der Waals surface area contributed by atoms with Crippen molar-refractivity contribution in [1.29, 1.82) is 0 Å². The minimum atomic E-state index is 0.185. The van der Waals surface area contributed by atoms with Crippen molar-refractivity contribution in [3.8, 4) is 0 Å². The van der Waals surface area contributed by atoms with E-state index in [0.717, 1.165) is 13.0 Å². The second-order valence-electron chi connectivity index (χ2n) is 4.75. The fourth-order valence-corrected chi connectivity index (χ4v) is 2.02. The maximum atomic E-state index is 5.67. The van der Waals surface area contributed by atoms with Crippen LogP contribution in [-0.2, 0) is 4.74 Å². The highest BCUT2D eigenvalue weighted by Gasteiger charge is 2.17. The van der Waals surface area contributed by atoms with Gasteiger partial charge in [0.2, 0.25) is 0 Å². The number of hydrogen-bond acceptors (Lipinski definition) is 3. The van der Waals surface area contributed by atoms with Gasteiger partial charge in [-0.2, -0.15) is 0 Å². The van der Waals surface area contributed by atoms with Gasteiger partial charge in [0.05, 0.1) is 0 Å². The second-order valence-corrected chi connectivity index (χ2v) is 4.75. The van der Waals surface area contributed by atoms with Crippen LogP contribution in [0, 0.1) is 19.8 Å². The summed E-state index contributed by atoms with van der Waals surface area (Å²) in [6.45, 7) is 7.22. The van der Waals surface area contributed by atoms with Crippen molar-refractivity contribution in [3.63, 3.8) is 0 Å². The smallest absolute Gasteiger partial charge is 0.0486 e. The number of hydrogen-bond donors (Lipinski definition) is 2. The molecule has 96 valence electrons. The standard InChI is InChI=1S/C14H24N2O/c1-10-5-6-13(9-12(10)3)14(16-15)11(2)7-8-17-4/h5-6,9,11,14,16H,7-8,15H2,1-4H3. The Morgan fingerprint density at radius 1 is 1.29 bits per heavy atom. The summed E-state index contributed by atoms with van der Waals surface area (Å²) in [6, 6.07) is 6.70. The Morgan fingerprint density at radius 2 is 2.00 bits per heavy atom. The van der Waals surface area contributed by atoms with Gasteiger partial charge in [0.15, 0.2) is 0 Å². The van der Waals surface area contributed by atoms with Crippen molar-refractivity contribution in [3.05, 3.63) is 34.9 Å². The average molecular weight is 236 g/mol. The Hall–Kier alpha value is -0.900. The lowest BCUT2D eigenvalue weighted by Crippen LogP contribution is -2.33. The van der Waals surface area contributed by atoms with Crippen molar-refractivity contribution >= 4 is 0 Å². The quantitative estimate of drug-likeness (QED) is 0.589. The second kappa shape index (κ2) is 6.74. The van der Waals surface area contributed by atoms with Crippen LogP contribution in [0.5, 0.6) is 0 Å². The van der Waals surface area contributed by atoms with Crippen LogP contribution in [-0.4, -0.2) is 13.7 Å². The van der Waals surface area contributed by atoms with Crippen LogP contribution < -0.4 is 11.3 Å². The summed E-state index contributed by atoms with van der Waals surface area (Å²) in [6.07, 6.45) is 0.998. The number of rotatable bonds is 6. The summed E-state index contributed by atoms with van der Waals surface area (Å²) in [5, 5.41) is 0. The first kappa shape index (κ1) is 14.2. The van der Waals surface area contributed by atoms with Crippen molar-refractivity contribution in [1.82, 2.24) is 5.43 Å². The number of nitrogens with two attached hydrogens (primary N) is 1. The predicted octanol–water partition coefficient (Wildman–Crippen LogP) is 2.48. The maximum absolute atomic E-state index is 5.67. The molecule has 0 saturated carbocycles. The molecule has 0 aliphatic rings. The van der Waals surface area contributed by atoms with Crippen molar-refractivity contribution in [2.75, 3.05) is 13.7 Å². The van der Waals surface area contributed by atoms with Crippen LogP contribution in [0.3, 0.4) is 0 Å². The van der Waals surface area contributed by atoms with E-state index in [0.29, 0.717) is 5.92 Å². The molecule has 1 rings (SSSR count). The predicted molar refractivity (Wildman–Crippen MR) is 71.6 cm³/mol. The molecule has 3 nitrogen and oxygen atoms in total. The summed E-state index contributed by atoms with van der Waals surface area (Å²) < 4.78 is 5.12. The normalized spacial score (nSPS) is 14.6. The van der Waals surface area contributed by atoms with Crippen LogP contribution in [0.25, 0.3) is 0 Å². The minimum Gasteiger partial charge on any atom is -0.385 e. The monoisotopic (exact) mass is 236 g/mol. The maximum Gasteiger partial charge on any atom is 0.0486 e. The Morgan fingerprint density at radius 3 is 2.53 bits per heavy atom. The zero-order valence-corrected chi connectivity index (χ0v) is 11.3. The molecule has 0 amide bonds. The van der Waals surface area contributed by atoms with Gasteiger partial charge in [0.1, 0.15) is 0 Å². The molecule has 1 aromatic rings. The number of hydrazine groups is 1. The van der Waals surface area contributed by atoms with Gasteiger partial charge >= 0.3 is 0 Å². The number of ether oxygens (including phenoxy) is 1. The van der Waals surface area contributed by atoms with E-state index < -0.39 is 0 Å². The summed E-state index contributed by atoms with van der Waals surface area (Å²) in [5.74, 6) is 6.12. The molecule has 0 aliphatic carbocycles. The van der Waals surface area contributed by atoms with Crippen molar-refractivity contribution in [2.24, 2.45) is 11.8 Å². The Bertz CT molecular complexity index is 352. The van der Waals surface area contributed by atoms with E-state index in [1.165, 1.54) is 16.7 Å².